The van der Waals surface area contributed by atoms with Crippen molar-refractivity contribution < 1.29 is 4.79 Å². The number of pyridine rings is 1. The third-order valence-electron chi connectivity index (χ3n) is 2.82. The van der Waals surface area contributed by atoms with E-state index in [1.807, 2.05) is 6.92 Å². The van der Waals surface area contributed by atoms with Gasteiger partial charge in [-0.15, -0.1) is 0 Å². The summed E-state index contributed by atoms with van der Waals surface area (Å²) in [5.74, 6) is -0.172. The second kappa shape index (κ2) is 3.75. The highest BCUT2D eigenvalue weighted by Gasteiger charge is 2.45. The van der Waals surface area contributed by atoms with Gasteiger partial charge in [0.2, 0.25) is 5.91 Å². The number of carbonyl (C=O) groups is 1. The van der Waals surface area contributed by atoms with Crippen LogP contribution < -0.4 is 16.6 Å². The van der Waals surface area contributed by atoms with Crippen molar-refractivity contribution in [3.63, 3.8) is 0 Å². The van der Waals surface area contributed by atoms with Gasteiger partial charge in [-0.1, -0.05) is 0 Å². The number of aryl methyl sites for hydroxylation is 1. The Kier molecular flexibility index (Phi) is 2.55. The lowest BCUT2D eigenvalue weighted by Gasteiger charge is -2.11. The molecule has 0 atom stereocenters. The molecule has 1 heterocycles. The molecule has 86 valence electrons. The van der Waals surface area contributed by atoms with E-state index in [0.717, 1.165) is 12.8 Å². The molecule has 0 bridgehead atoms. The van der Waals surface area contributed by atoms with E-state index in [4.69, 9.17) is 5.73 Å². The molecule has 3 N–H and O–H groups in total. The number of nitrogens with two attached hydrogens (primary N) is 1. The van der Waals surface area contributed by atoms with Gasteiger partial charge in [-0.25, -0.2) is 0 Å². The lowest BCUT2D eigenvalue weighted by atomic mass is 10.2. The number of rotatable bonds is 3. The molecule has 1 aromatic rings. The quantitative estimate of drug-likeness (QED) is 0.770. The number of hydrogen-bond acceptors (Lipinski definition) is 3. The largest absolute Gasteiger partial charge is 0.323 e. The van der Waals surface area contributed by atoms with Crippen molar-refractivity contribution in [2.75, 3.05) is 5.32 Å². The van der Waals surface area contributed by atoms with Crippen molar-refractivity contribution in [3.05, 3.63) is 28.7 Å². The van der Waals surface area contributed by atoms with E-state index in [1.165, 1.54) is 10.6 Å². The van der Waals surface area contributed by atoms with Crippen LogP contribution in [0.15, 0.2) is 23.1 Å². The number of aromatic nitrogens is 1. The van der Waals surface area contributed by atoms with Gasteiger partial charge in [-0.3, -0.25) is 9.59 Å². The van der Waals surface area contributed by atoms with Gasteiger partial charge in [-0.05, 0) is 25.8 Å². The summed E-state index contributed by atoms with van der Waals surface area (Å²) in [6.07, 6.45) is 3.09. The van der Waals surface area contributed by atoms with E-state index < -0.39 is 5.54 Å². The van der Waals surface area contributed by atoms with Crippen LogP contribution in [0.4, 0.5) is 5.69 Å². The number of anilines is 1. The van der Waals surface area contributed by atoms with Gasteiger partial charge in [0.1, 0.15) is 0 Å². The molecule has 16 heavy (non-hydrogen) atoms. The summed E-state index contributed by atoms with van der Waals surface area (Å²) in [6, 6.07) is 3.04. The lowest BCUT2D eigenvalue weighted by molar-refractivity contribution is -0.118. The summed E-state index contributed by atoms with van der Waals surface area (Å²) in [7, 11) is 0. The molecule has 1 aliphatic carbocycles. The van der Waals surface area contributed by atoms with Crippen LogP contribution in [0.5, 0.6) is 0 Å². The van der Waals surface area contributed by atoms with Crippen LogP contribution >= 0.6 is 0 Å². The first-order valence-electron chi connectivity index (χ1n) is 5.36. The highest BCUT2D eigenvalue weighted by Crippen LogP contribution is 2.33. The van der Waals surface area contributed by atoms with Crippen molar-refractivity contribution in [1.82, 2.24) is 4.57 Å². The summed E-state index contributed by atoms with van der Waals surface area (Å²) in [4.78, 5) is 23.0. The Balaban J connectivity index is 2.16. The Bertz CT molecular complexity index is 474. The number of nitrogens with one attached hydrogen (secondary N) is 1. The fraction of sp³-hybridized carbons (Fsp3) is 0.455. The molecule has 1 aliphatic rings. The van der Waals surface area contributed by atoms with E-state index in [1.54, 1.807) is 12.3 Å². The molecule has 0 saturated heterocycles. The van der Waals surface area contributed by atoms with Crippen molar-refractivity contribution in [3.8, 4) is 0 Å². The van der Waals surface area contributed by atoms with Gasteiger partial charge in [0.25, 0.3) is 5.56 Å². The van der Waals surface area contributed by atoms with E-state index >= 15 is 0 Å². The fourth-order valence-electron chi connectivity index (χ4n) is 1.47. The van der Waals surface area contributed by atoms with Gasteiger partial charge in [0.05, 0.1) is 11.2 Å². The SMILES string of the molecule is CCn1cc(NC(=O)C2(N)CC2)ccc1=O. The van der Waals surface area contributed by atoms with Crippen molar-refractivity contribution in [2.45, 2.75) is 31.8 Å². The molecule has 5 nitrogen and oxygen atoms in total. The molecule has 0 radical (unpaired) electrons. The maximum Gasteiger partial charge on any atom is 0.250 e. The molecule has 0 aromatic carbocycles. The molecule has 0 spiro atoms. The molecule has 5 heteroatoms. The lowest BCUT2D eigenvalue weighted by Crippen LogP contribution is -2.38. The average Bonchev–Trinajstić information content (AvgIpc) is 3.01. The van der Waals surface area contributed by atoms with Crippen LogP contribution in [0, 0.1) is 0 Å². The zero-order valence-electron chi connectivity index (χ0n) is 9.19. The number of hydrogen-bond donors (Lipinski definition) is 2. The molecular weight excluding hydrogens is 206 g/mol. The fourth-order valence-corrected chi connectivity index (χ4v) is 1.47. The van der Waals surface area contributed by atoms with Gasteiger partial charge < -0.3 is 15.6 Å². The smallest absolute Gasteiger partial charge is 0.250 e. The second-order valence-corrected chi connectivity index (χ2v) is 4.15. The van der Waals surface area contributed by atoms with E-state index in [2.05, 4.69) is 5.32 Å². The summed E-state index contributed by atoms with van der Waals surface area (Å²) in [5.41, 5.74) is 5.61. The van der Waals surface area contributed by atoms with Crippen LogP contribution in [-0.4, -0.2) is 16.0 Å². The van der Waals surface area contributed by atoms with Crippen molar-refractivity contribution >= 4 is 11.6 Å². The van der Waals surface area contributed by atoms with E-state index in [-0.39, 0.29) is 11.5 Å². The molecular formula is C11H15N3O2. The third kappa shape index (κ3) is 1.99. The van der Waals surface area contributed by atoms with Gasteiger partial charge in [-0.2, -0.15) is 0 Å². The standard InChI is InChI=1S/C11H15N3O2/c1-2-14-7-8(3-4-9(14)15)13-10(16)11(12)5-6-11/h3-4,7H,2,5-6,12H2,1H3,(H,13,16). The molecule has 1 aromatic heterocycles. The Morgan fingerprint density at radius 1 is 1.56 bits per heavy atom. The topological polar surface area (TPSA) is 77.1 Å². The minimum atomic E-state index is -0.687. The zero-order chi connectivity index (χ0) is 11.8. The molecule has 1 saturated carbocycles. The normalized spacial score (nSPS) is 16.9. The Morgan fingerprint density at radius 3 is 2.81 bits per heavy atom. The maximum absolute atomic E-state index is 11.7. The minimum absolute atomic E-state index is 0.0746. The Morgan fingerprint density at radius 2 is 2.25 bits per heavy atom. The van der Waals surface area contributed by atoms with Crippen LogP contribution in [0.2, 0.25) is 0 Å². The zero-order valence-corrected chi connectivity index (χ0v) is 9.19. The number of carbonyl (C=O) groups excluding carboxylic acids is 1. The highest BCUT2D eigenvalue weighted by atomic mass is 16.2. The Labute approximate surface area is 93.3 Å². The first kappa shape index (κ1) is 10.9. The summed E-state index contributed by atoms with van der Waals surface area (Å²) < 4.78 is 1.53. The van der Waals surface area contributed by atoms with Gasteiger partial charge in [0.15, 0.2) is 0 Å². The summed E-state index contributed by atoms with van der Waals surface area (Å²) >= 11 is 0. The first-order valence-corrected chi connectivity index (χ1v) is 5.36. The molecule has 0 aliphatic heterocycles. The van der Waals surface area contributed by atoms with Gasteiger partial charge >= 0.3 is 0 Å². The number of nitrogens with zero attached hydrogens (tertiary/aromatic N) is 1. The molecule has 1 amide bonds. The summed E-state index contributed by atoms with van der Waals surface area (Å²) in [6.45, 7) is 2.45. The molecule has 0 unspecified atom stereocenters. The molecule has 2 rings (SSSR count). The third-order valence-corrected chi connectivity index (χ3v) is 2.82. The predicted octanol–water partition coefficient (Wildman–Crippen LogP) is 0.298. The predicted molar refractivity (Wildman–Crippen MR) is 61.2 cm³/mol. The van der Waals surface area contributed by atoms with E-state index in [0.29, 0.717) is 12.2 Å². The van der Waals surface area contributed by atoms with E-state index in [9.17, 15) is 9.59 Å². The highest BCUT2D eigenvalue weighted by molar-refractivity contribution is 5.99. The van der Waals surface area contributed by atoms with Crippen LogP contribution in [-0.2, 0) is 11.3 Å². The summed E-state index contributed by atoms with van der Waals surface area (Å²) in [5, 5.41) is 2.72. The van der Waals surface area contributed by atoms with Crippen molar-refractivity contribution in [1.29, 1.82) is 0 Å². The Hall–Kier alpha value is -1.62. The molecule has 1 fully saturated rings. The van der Waals surface area contributed by atoms with Crippen LogP contribution in [0.1, 0.15) is 19.8 Å². The minimum Gasteiger partial charge on any atom is -0.323 e. The first-order chi connectivity index (χ1) is 7.55. The van der Waals surface area contributed by atoms with Gasteiger partial charge in [0, 0.05) is 18.8 Å². The average molecular weight is 221 g/mol. The second-order valence-electron chi connectivity index (χ2n) is 4.15. The monoisotopic (exact) mass is 221 g/mol. The van der Waals surface area contributed by atoms with Crippen LogP contribution in [0.25, 0.3) is 0 Å². The number of amides is 1. The maximum atomic E-state index is 11.7. The van der Waals surface area contributed by atoms with Crippen LogP contribution in [0.3, 0.4) is 0 Å². The van der Waals surface area contributed by atoms with Crippen molar-refractivity contribution in [2.24, 2.45) is 5.73 Å².